The summed E-state index contributed by atoms with van der Waals surface area (Å²) in [5.74, 6) is 0. The fourth-order valence-corrected chi connectivity index (χ4v) is 2.79. The van der Waals surface area contributed by atoms with E-state index in [1.165, 1.54) is 23.9 Å². The fraction of sp³-hybridized carbons (Fsp3) is 0.714. The van der Waals surface area contributed by atoms with Gasteiger partial charge in [-0.2, -0.15) is 5.10 Å². The van der Waals surface area contributed by atoms with Crippen LogP contribution in [0.2, 0.25) is 5.02 Å². The van der Waals surface area contributed by atoms with Crippen molar-refractivity contribution >= 4 is 17.3 Å². The minimum Gasteiger partial charge on any atom is -0.382 e. The first-order valence-electron chi connectivity index (χ1n) is 7.11. The van der Waals surface area contributed by atoms with Crippen molar-refractivity contribution < 1.29 is 0 Å². The molecule has 0 atom stereocenters. The average molecular weight is 284 g/mol. The van der Waals surface area contributed by atoms with Crippen LogP contribution >= 0.6 is 11.6 Å². The molecule has 106 valence electrons. The van der Waals surface area contributed by atoms with Crippen molar-refractivity contribution in [3.05, 3.63) is 21.6 Å². The predicted molar refractivity (Wildman–Crippen MR) is 78.9 cm³/mol. The first kappa shape index (κ1) is 14.4. The Kier molecular flexibility index (Phi) is 4.50. The Morgan fingerprint density at radius 3 is 2.74 bits per heavy atom. The van der Waals surface area contributed by atoms with Gasteiger partial charge < -0.3 is 5.32 Å². The number of aromatic nitrogens is 2. The van der Waals surface area contributed by atoms with Crippen LogP contribution in [0, 0.1) is 5.41 Å². The SMILES string of the molecule is CCCn1ncc(NCC2(CC)CCC2)c(Cl)c1=O. The molecule has 0 radical (unpaired) electrons. The normalized spacial score (nSPS) is 17.0. The average Bonchev–Trinajstić information content (AvgIpc) is 2.37. The maximum Gasteiger partial charge on any atom is 0.287 e. The van der Waals surface area contributed by atoms with Gasteiger partial charge in [0.2, 0.25) is 0 Å². The standard InChI is InChI=1S/C14H22ClN3O/c1-3-8-18-13(19)12(15)11(9-17-18)16-10-14(4-2)6-5-7-14/h9,16H,3-8,10H2,1-2H3. The summed E-state index contributed by atoms with van der Waals surface area (Å²) >= 11 is 6.13. The molecule has 5 heteroatoms. The van der Waals surface area contributed by atoms with Crippen molar-refractivity contribution in [1.29, 1.82) is 0 Å². The third kappa shape index (κ3) is 2.94. The van der Waals surface area contributed by atoms with Crippen LogP contribution in [-0.4, -0.2) is 16.3 Å². The molecule has 19 heavy (non-hydrogen) atoms. The van der Waals surface area contributed by atoms with Crippen LogP contribution in [-0.2, 0) is 6.54 Å². The van der Waals surface area contributed by atoms with E-state index in [4.69, 9.17) is 11.6 Å². The second kappa shape index (κ2) is 5.95. The van der Waals surface area contributed by atoms with E-state index in [0.717, 1.165) is 19.4 Å². The second-order valence-corrected chi connectivity index (χ2v) is 5.84. The first-order valence-corrected chi connectivity index (χ1v) is 7.49. The number of halogens is 1. The van der Waals surface area contributed by atoms with E-state index >= 15 is 0 Å². The third-order valence-corrected chi connectivity index (χ3v) is 4.60. The van der Waals surface area contributed by atoms with Gasteiger partial charge in [0.25, 0.3) is 5.56 Å². The van der Waals surface area contributed by atoms with Gasteiger partial charge in [-0.3, -0.25) is 4.79 Å². The van der Waals surface area contributed by atoms with Crippen molar-refractivity contribution in [2.24, 2.45) is 5.41 Å². The van der Waals surface area contributed by atoms with E-state index in [2.05, 4.69) is 17.3 Å². The lowest BCUT2D eigenvalue weighted by Crippen LogP contribution is -2.36. The van der Waals surface area contributed by atoms with Gasteiger partial charge in [-0.15, -0.1) is 0 Å². The van der Waals surface area contributed by atoms with Crippen molar-refractivity contribution in [2.45, 2.75) is 52.5 Å². The summed E-state index contributed by atoms with van der Waals surface area (Å²) in [4.78, 5) is 12.0. The molecular weight excluding hydrogens is 262 g/mol. The Bertz CT molecular complexity index is 488. The summed E-state index contributed by atoms with van der Waals surface area (Å²) in [5.41, 5.74) is 0.855. The van der Waals surface area contributed by atoms with E-state index in [0.29, 0.717) is 17.6 Å². The van der Waals surface area contributed by atoms with Gasteiger partial charge in [-0.25, -0.2) is 4.68 Å². The molecule has 1 saturated carbocycles. The Hall–Kier alpha value is -1.03. The zero-order valence-electron chi connectivity index (χ0n) is 11.7. The Labute approximate surface area is 119 Å². The highest BCUT2D eigenvalue weighted by atomic mass is 35.5. The molecule has 1 fully saturated rings. The molecule has 1 heterocycles. The molecule has 0 bridgehead atoms. The largest absolute Gasteiger partial charge is 0.382 e. The number of anilines is 1. The fourth-order valence-electron chi connectivity index (χ4n) is 2.57. The number of nitrogens with one attached hydrogen (secondary N) is 1. The van der Waals surface area contributed by atoms with Gasteiger partial charge >= 0.3 is 0 Å². The van der Waals surface area contributed by atoms with Crippen LogP contribution in [0.3, 0.4) is 0 Å². The molecule has 1 aliphatic rings. The number of nitrogens with zero attached hydrogens (tertiary/aromatic N) is 2. The monoisotopic (exact) mass is 283 g/mol. The predicted octanol–water partition coefficient (Wildman–Crippen LogP) is 3.30. The van der Waals surface area contributed by atoms with Gasteiger partial charge in [-0.05, 0) is 31.1 Å². The number of rotatable bonds is 6. The molecule has 0 aromatic carbocycles. The van der Waals surface area contributed by atoms with Crippen LogP contribution in [0.15, 0.2) is 11.0 Å². The summed E-state index contributed by atoms with van der Waals surface area (Å²) in [7, 11) is 0. The third-order valence-electron chi connectivity index (χ3n) is 4.24. The van der Waals surface area contributed by atoms with Gasteiger partial charge in [-0.1, -0.05) is 31.9 Å². The molecule has 0 aliphatic heterocycles. The molecule has 1 aromatic heterocycles. The molecular formula is C14H22ClN3O. The van der Waals surface area contributed by atoms with E-state index in [9.17, 15) is 4.79 Å². The minimum atomic E-state index is -0.201. The van der Waals surface area contributed by atoms with Crippen molar-refractivity contribution in [2.75, 3.05) is 11.9 Å². The number of hydrogen-bond acceptors (Lipinski definition) is 3. The highest BCUT2D eigenvalue weighted by Crippen LogP contribution is 2.43. The van der Waals surface area contributed by atoms with Crippen LogP contribution < -0.4 is 10.9 Å². The molecule has 0 spiro atoms. The van der Waals surface area contributed by atoms with Gasteiger partial charge in [0.1, 0.15) is 5.02 Å². The zero-order chi connectivity index (χ0) is 13.9. The quantitative estimate of drug-likeness (QED) is 0.871. The number of aryl methyl sites for hydroxylation is 1. The van der Waals surface area contributed by atoms with Crippen LogP contribution in [0.25, 0.3) is 0 Å². The molecule has 2 rings (SSSR count). The second-order valence-electron chi connectivity index (χ2n) is 5.46. The topological polar surface area (TPSA) is 46.9 Å². The Morgan fingerprint density at radius 1 is 1.47 bits per heavy atom. The lowest BCUT2D eigenvalue weighted by molar-refractivity contribution is 0.145. The molecule has 0 unspecified atom stereocenters. The molecule has 4 nitrogen and oxygen atoms in total. The molecule has 0 amide bonds. The summed E-state index contributed by atoms with van der Waals surface area (Å²) in [6.07, 6.45) is 7.52. The van der Waals surface area contributed by atoms with Crippen molar-refractivity contribution in [3.63, 3.8) is 0 Å². The Balaban J connectivity index is 2.09. The summed E-state index contributed by atoms with van der Waals surface area (Å²) in [6.45, 7) is 5.72. The van der Waals surface area contributed by atoms with Crippen LogP contribution in [0.4, 0.5) is 5.69 Å². The zero-order valence-corrected chi connectivity index (χ0v) is 12.5. The van der Waals surface area contributed by atoms with Gasteiger partial charge in [0.15, 0.2) is 0 Å². The highest BCUT2D eigenvalue weighted by Gasteiger charge is 2.34. The first-order chi connectivity index (χ1) is 9.12. The molecule has 1 N–H and O–H groups in total. The summed E-state index contributed by atoms with van der Waals surface area (Å²) in [5, 5.41) is 7.72. The minimum absolute atomic E-state index is 0.201. The van der Waals surface area contributed by atoms with E-state index in [1.54, 1.807) is 6.20 Å². The highest BCUT2D eigenvalue weighted by molar-refractivity contribution is 6.32. The molecule has 1 aromatic rings. The molecule has 1 aliphatic carbocycles. The van der Waals surface area contributed by atoms with Crippen molar-refractivity contribution in [3.8, 4) is 0 Å². The maximum atomic E-state index is 12.0. The summed E-state index contributed by atoms with van der Waals surface area (Å²) in [6, 6.07) is 0. The van der Waals surface area contributed by atoms with Crippen LogP contribution in [0.1, 0.15) is 46.0 Å². The van der Waals surface area contributed by atoms with Gasteiger partial charge in [0.05, 0.1) is 11.9 Å². The Morgan fingerprint density at radius 2 is 2.21 bits per heavy atom. The smallest absolute Gasteiger partial charge is 0.287 e. The lowest BCUT2D eigenvalue weighted by Gasteiger charge is -2.41. The maximum absolute atomic E-state index is 12.0. The van der Waals surface area contributed by atoms with E-state index < -0.39 is 0 Å². The summed E-state index contributed by atoms with van der Waals surface area (Å²) < 4.78 is 1.42. The number of hydrogen-bond donors (Lipinski definition) is 1. The van der Waals surface area contributed by atoms with E-state index in [1.807, 2.05) is 6.92 Å². The van der Waals surface area contributed by atoms with E-state index in [-0.39, 0.29) is 10.6 Å². The molecule has 0 saturated heterocycles. The van der Waals surface area contributed by atoms with Crippen LogP contribution in [0.5, 0.6) is 0 Å². The lowest BCUT2D eigenvalue weighted by atomic mass is 9.67. The van der Waals surface area contributed by atoms with Crippen molar-refractivity contribution in [1.82, 2.24) is 9.78 Å². The van der Waals surface area contributed by atoms with Gasteiger partial charge in [0, 0.05) is 13.1 Å².